The maximum atomic E-state index is 10.1. The van der Waals surface area contributed by atoms with Crippen molar-refractivity contribution in [1.29, 1.82) is 0 Å². The molecule has 1 rings (SSSR count). The minimum Gasteiger partial charge on any atom is -0.548 e. The van der Waals surface area contributed by atoms with Crippen LogP contribution in [0.15, 0.2) is 0 Å². The summed E-state index contributed by atoms with van der Waals surface area (Å²) in [7, 11) is 0. The van der Waals surface area contributed by atoms with Crippen LogP contribution in [0.5, 0.6) is 0 Å². The zero-order chi connectivity index (χ0) is 7.72. The molecular formula is C5H8NO4-. The van der Waals surface area contributed by atoms with Crippen LogP contribution >= 0.6 is 0 Å². The van der Waals surface area contributed by atoms with Gasteiger partial charge in [-0.3, -0.25) is 0 Å². The van der Waals surface area contributed by atoms with Gasteiger partial charge in [0.1, 0.15) is 6.10 Å². The van der Waals surface area contributed by atoms with Crippen molar-refractivity contribution in [3.63, 3.8) is 0 Å². The number of rotatable bonds is 1. The van der Waals surface area contributed by atoms with Crippen LogP contribution in [-0.2, 0) is 4.79 Å². The van der Waals surface area contributed by atoms with E-state index in [1.807, 2.05) is 0 Å². The number of nitrogens with one attached hydrogen (secondary N) is 1. The van der Waals surface area contributed by atoms with Gasteiger partial charge < -0.3 is 25.4 Å². The number of aliphatic hydroxyl groups excluding tert-OH is 2. The van der Waals surface area contributed by atoms with Crippen LogP contribution < -0.4 is 10.4 Å². The largest absolute Gasteiger partial charge is 0.548 e. The molecule has 1 saturated heterocycles. The smallest absolute Gasteiger partial charge is 0.102 e. The molecule has 0 spiro atoms. The van der Waals surface area contributed by atoms with E-state index in [-0.39, 0.29) is 6.54 Å². The quantitative estimate of drug-likeness (QED) is 0.356. The number of hydrogen-bond donors (Lipinski definition) is 3. The third-order valence-corrected chi connectivity index (χ3v) is 1.54. The van der Waals surface area contributed by atoms with Gasteiger partial charge in [0.2, 0.25) is 0 Å². The monoisotopic (exact) mass is 146 g/mol. The lowest BCUT2D eigenvalue weighted by atomic mass is 10.1. The van der Waals surface area contributed by atoms with Crippen molar-refractivity contribution in [3.8, 4) is 0 Å². The fourth-order valence-electron chi connectivity index (χ4n) is 0.934. The number of carboxylic acid groups (broad SMARTS) is 1. The second-order valence-corrected chi connectivity index (χ2v) is 2.26. The number of carbonyl (C=O) groups is 1. The average Bonchev–Trinajstić information content (AvgIpc) is 2.14. The third-order valence-electron chi connectivity index (χ3n) is 1.54. The molecule has 3 N–H and O–H groups in total. The van der Waals surface area contributed by atoms with Crippen LogP contribution in [0.1, 0.15) is 0 Å². The van der Waals surface area contributed by atoms with Gasteiger partial charge in [-0.2, -0.15) is 0 Å². The zero-order valence-corrected chi connectivity index (χ0v) is 5.15. The summed E-state index contributed by atoms with van der Waals surface area (Å²) in [4.78, 5) is 10.1. The first-order chi connectivity index (χ1) is 4.63. The Bertz CT molecular complexity index is 149. The maximum Gasteiger partial charge on any atom is 0.102 e. The van der Waals surface area contributed by atoms with Crippen molar-refractivity contribution < 1.29 is 20.1 Å². The normalized spacial score (nSPS) is 40.0. The molecule has 1 aliphatic rings. The third kappa shape index (κ3) is 1.11. The van der Waals surface area contributed by atoms with Gasteiger partial charge in [0.05, 0.1) is 18.1 Å². The summed E-state index contributed by atoms with van der Waals surface area (Å²) in [5.74, 6) is -1.39. The number of carboxylic acids is 1. The van der Waals surface area contributed by atoms with Crippen LogP contribution in [0.3, 0.4) is 0 Å². The minimum atomic E-state index is -1.39. The van der Waals surface area contributed by atoms with E-state index < -0.39 is 24.2 Å². The molecule has 0 aromatic heterocycles. The number of β-amino-alcohol motifs (C(OH)–C–C–N with tert-alkyl or cyclic N) is 1. The topological polar surface area (TPSA) is 92.6 Å². The summed E-state index contributed by atoms with van der Waals surface area (Å²) >= 11 is 0. The van der Waals surface area contributed by atoms with E-state index >= 15 is 0 Å². The van der Waals surface area contributed by atoms with Gasteiger partial charge in [-0.15, -0.1) is 0 Å². The van der Waals surface area contributed by atoms with Gasteiger partial charge in [0.25, 0.3) is 0 Å². The fraction of sp³-hybridized carbons (Fsp3) is 0.800. The molecular weight excluding hydrogens is 138 g/mol. The minimum absolute atomic E-state index is 0.0970. The molecule has 0 saturated carbocycles. The van der Waals surface area contributed by atoms with Gasteiger partial charge >= 0.3 is 0 Å². The molecule has 0 bridgehead atoms. The summed E-state index contributed by atoms with van der Waals surface area (Å²) < 4.78 is 0. The molecule has 0 radical (unpaired) electrons. The van der Waals surface area contributed by atoms with E-state index in [0.29, 0.717) is 0 Å². The first-order valence-corrected chi connectivity index (χ1v) is 2.93. The molecule has 0 aromatic rings. The summed E-state index contributed by atoms with van der Waals surface area (Å²) in [6, 6.07) is -1.13. The first-order valence-electron chi connectivity index (χ1n) is 2.93. The SMILES string of the molecule is O=C([O-])[C@H]1NC[C@@H](O)[C@@H]1O. The van der Waals surface area contributed by atoms with Gasteiger partial charge in [0.15, 0.2) is 0 Å². The van der Waals surface area contributed by atoms with Crippen LogP contribution in [-0.4, -0.2) is 41.0 Å². The second kappa shape index (κ2) is 2.53. The Morgan fingerprint density at radius 1 is 1.60 bits per heavy atom. The van der Waals surface area contributed by atoms with Crippen molar-refractivity contribution in [2.24, 2.45) is 0 Å². The number of aliphatic hydroxyl groups is 2. The number of aliphatic carboxylic acids is 1. The van der Waals surface area contributed by atoms with Crippen molar-refractivity contribution in [3.05, 3.63) is 0 Å². The van der Waals surface area contributed by atoms with Crippen molar-refractivity contribution >= 4 is 5.97 Å². The van der Waals surface area contributed by atoms with Crippen molar-refractivity contribution in [1.82, 2.24) is 5.32 Å². The summed E-state index contributed by atoms with van der Waals surface area (Å²) in [6.45, 7) is 0.0970. The molecule has 0 unspecified atom stereocenters. The lowest BCUT2D eigenvalue weighted by molar-refractivity contribution is -0.310. The second-order valence-electron chi connectivity index (χ2n) is 2.26. The van der Waals surface area contributed by atoms with Crippen LogP contribution in [0.2, 0.25) is 0 Å². The van der Waals surface area contributed by atoms with E-state index in [1.165, 1.54) is 0 Å². The average molecular weight is 146 g/mol. The molecule has 58 valence electrons. The Labute approximate surface area is 57.3 Å². The Hall–Kier alpha value is -0.650. The predicted octanol–water partition coefficient (Wildman–Crippen LogP) is -3.57. The Balaban J connectivity index is 2.57. The van der Waals surface area contributed by atoms with Crippen LogP contribution in [0.25, 0.3) is 0 Å². The highest BCUT2D eigenvalue weighted by Crippen LogP contribution is 2.06. The number of carbonyl (C=O) groups excluding carboxylic acids is 1. The molecule has 5 nitrogen and oxygen atoms in total. The van der Waals surface area contributed by atoms with E-state index in [2.05, 4.69) is 5.32 Å². The maximum absolute atomic E-state index is 10.1. The van der Waals surface area contributed by atoms with E-state index in [4.69, 9.17) is 10.2 Å². The Kier molecular flexibility index (Phi) is 1.89. The molecule has 0 aliphatic carbocycles. The molecule has 0 aromatic carbocycles. The summed E-state index contributed by atoms with van der Waals surface area (Å²) in [6.07, 6.45) is -2.24. The van der Waals surface area contributed by atoms with Crippen LogP contribution in [0.4, 0.5) is 0 Å². The molecule has 1 aliphatic heterocycles. The lowest BCUT2D eigenvalue weighted by Crippen LogP contribution is -2.48. The van der Waals surface area contributed by atoms with Gasteiger partial charge in [-0.1, -0.05) is 0 Å². The first kappa shape index (κ1) is 7.46. The lowest BCUT2D eigenvalue weighted by Gasteiger charge is -2.15. The highest BCUT2D eigenvalue weighted by Gasteiger charge is 2.33. The molecule has 0 amide bonds. The molecule has 1 fully saturated rings. The Morgan fingerprint density at radius 2 is 2.20 bits per heavy atom. The fourth-order valence-corrected chi connectivity index (χ4v) is 0.934. The summed E-state index contributed by atoms with van der Waals surface area (Å²) in [5, 5.41) is 30.2. The highest BCUT2D eigenvalue weighted by molar-refractivity contribution is 5.72. The Morgan fingerprint density at radius 3 is 2.40 bits per heavy atom. The van der Waals surface area contributed by atoms with Gasteiger partial charge in [-0.25, -0.2) is 0 Å². The van der Waals surface area contributed by atoms with E-state index in [0.717, 1.165) is 0 Å². The summed E-state index contributed by atoms with van der Waals surface area (Å²) in [5.41, 5.74) is 0. The standard InChI is InChI=1S/C5H9NO4/c7-2-1-6-3(4(2)8)5(9)10/h2-4,6-8H,1H2,(H,9,10)/p-1/t2-,3+,4+/m1/s1. The van der Waals surface area contributed by atoms with Gasteiger partial charge in [-0.05, 0) is 0 Å². The van der Waals surface area contributed by atoms with Crippen molar-refractivity contribution in [2.45, 2.75) is 18.2 Å². The predicted molar refractivity (Wildman–Crippen MR) is 28.8 cm³/mol. The zero-order valence-electron chi connectivity index (χ0n) is 5.15. The molecule has 1 heterocycles. The van der Waals surface area contributed by atoms with Gasteiger partial charge in [0, 0.05) is 6.54 Å². The molecule has 3 atom stereocenters. The number of hydrogen-bond acceptors (Lipinski definition) is 5. The molecule has 10 heavy (non-hydrogen) atoms. The van der Waals surface area contributed by atoms with E-state index in [9.17, 15) is 9.90 Å². The molecule has 5 heteroatoms. The van der Waals surface area contributed by atoms with Crippen LogP contribution in [0, 0.1) is 0 Å². The highest BCUT2D eigenvalue weighted by atomic mass is 16.4. The van der Waals surface area contributed by atoms with E-state index in [1.54, 1.807) is 0 Å². The van der Waals surface area contributed by atoms with Crippen molar-refractivity contribution in [2.75, 3.05) is 6.54 Å².